The van der Waals surface area contributed by atoms with E-state index < -0.39 is 11.8 Å². The minimum atomic E-state index is -0.582. The first-order chi connectivity index (χ1) is 10.1. The molecule has 21 heavy (non-hydrogen) atoms. The highest BCUT2D eigenvalue weighted by Crippen LogP contribution is 2.16. The first-order valence-electron chi connectivity index (χ1n) is 7.24. The summed E-state index contributed by atoms with van der Waals surface area (Å²) < 4.78 is 23.1. The van der Waals surface area contributed by atoms with Crippen molar-refractivity contribution in [3.63, 3.8) is 0 Å². The van der Waals surface area contributed by atoms with Crippen molar-refractivity contribution in [2.45, 2.75) is 45.4 Å². The van der Waals surface area contributed by atoms with Crippen molar-refractivity contribution in [1.82, 2.24) is 0 Å². The minimum Gasteiger partial charge on any atom is -0.466 e. The van der Waals surface area contributed by atoms with Crippen LogP contribution in [0.1, 0.15) is 45.4 Å². The summed E-state index contributed by atoms with van der Waals surface area (Å²) in [7, 11) is 0. The number of benzene rings is 1. The van der Waals surface area contributed by atoms with Gasteiger partial charge in [-0.15, -0.1) is 0 Å². The van der Waals surface area contributed by atoms with Gasteiger partial charge >= 0.3 is 11.9 Å². The Kier molecular flexibility index (Phi) is 8.09. The summed E-state index contributed by atoms with van der Waals surface area (Å²) in [4.78, 5) is 22.9. The van der Waals surface area contributed by atoms with E-state index in [0.29, 0.717) is 13.0 Å². The number of carbonyl (C=O) groups is 2. The molecular formula is C16H21FO4. The maximum Gasteiger partial charge on any atom is 0.311 e. The molecule has 0 aromatic heterocycles. The minimum absolute atomic E-state index is 0.0540. The highest BCUT2D eigenvalue weighted by molar-refractivity contribution is 5.74. The van der Waals surface area contributed by atoms with Crippen LogP contribution in [0, 0.1) is 5.82 Å². The average molecular weight is 296 g/mol. The lowest BCUT2D eigenvalue weighted by atomic mass is 10.2. The number of para-hydroxylation sites is 1. The normalized spacial score (nSPS) is 10.2. The van der Waals surface area contributed by atoms with Crippen LogP contribution in [-0.2, 0) is 14.3 Å². The van der Waals surface area contributed by atoms with Crippen molar-refractivity contribution in [2.75, 3.05) is 6.61 Å². The summed E-state index contributed by atoms with van der Waals surface area (Å²) in [6.45, 7) is 2.50. The molecular weight excluding hydrogens is 275 g/mol. The summed E-state index contributed by atoms with van der Waals surface area (Å²) in [6.07, 6.45) is 3.51. The SMILES string of the molecule is CCCCCOC(=O)CCCC(=O)Oc1ccccc1F. The van der Waals surface area contributed by atoms with Gasteiger partial charge in [-0.3, -0.25) is 9.59 Å². The van der Waals surface area contributed by atoms with Crippen LogP contribution in [-0.4, -0.2) is 18.5 Å². The molecule has 116 valence electrons. The van der Waals surface area contributed by atoms with E-state index in [-0.39, 0.29) is 24.6 Å². The van der Waals surface area contributed by atoms with Crippen LogP contribution in [0.5, 0.6) is 5.75 Å². The Morgan fingerprint density at radius 1 is 1.05 bits per heavy atom. The number of halogens is 1. The molecule has 0 atom stereocenters. The molecule has 0 saturated heterocycles. The largest absolute Gasteiger partial charge is 0.466 e. The molecule has 0 bridgehead atoms. The van der Waals surface area contributed by atoms with Gasteiger partial charge in [0.25, 0.3) is 0 Å². The smallest absolute Gasteiger partial charge is 0.311 e. The summed E-state index contributed by atoms with van der Waals surface area (Å²) in [5.74, 6) is -1.55. The van der Waals surface area contributed by atoms with Crippen LogP contribution in [0.25, 0.3) is 0 Å². The third-order valence-electron chi connectivity index (χ3n) is 2.83. The molecule has 0 heterocycles. The van der Waals surface area contributed by atoms with Crippen molar-refractivity contribution in [1.29, 1.82) is 0 Å². The standard InChI is InChI=1S/C16H21FO4/c1-2-3-6-12-20-15(18)10-7-11-16(19)21-14-9-5-4-8-13(14)17/h4-5,8-9H,2-3,6-7,10-12H2,1H3. The number of carbonyl (C=O) groups excluding carboxylic acids is 2. The van der Waals surface area contributed by atoms with Crippen molar-refractivity contribution < 1.29 is 23.5 Å². The number of hydrogen-bond donors (Lipinski definition) is 0. The summed E-state index contributed by atoms with van der Waals surface area (Å²) in [6, 6.07) is 5.70. The van der Waals surface area contributed by atoms with E-state index in [2.05, 4.69) is 6.92 Å². The molecule has 0 N–H and O–H groups in total. The van der Waals surface area contributed by atoms with Gasteiger partial charge in [0.1, 0.15) is 0 Å². The molecule has 0 saturated carbocycles. The van der Waals surface area contributed by atoms with Crippen LogP contribution in [0.3, 0.4) is 0 Å². The molecule has 1 aromatic carbocycles. The van der Waals surface area contributed by atoms with Crippen LogP contribution >= 0.6 is 0 Å². The van der Waals surface area contributed by atoms with E-state index in [1.807, 2.05) is 0 Å². The zero-order valence-corrected chi connectivity index (χ0v) is 12.3. The summed E-state index contributed by atoms with van der Waals surface area (Å²) in [5, 5.41) is 0. The van der Waals surface area contributed by atoms with Gasteiger partial charge in [-0.25, -0.2) is 4.39 Å². The van der Waals surface area contributed by atoms with Crippen molar-refractivity contribution in [2.24, 2.45) is 0 Å². The van der Waals surface area contributed by atoms with E-state index in [1.165, 1.54) is 18.2 Å². The van der Waals surface area contributed by atoms with Crippen LogP contribution in [0.2, 0.25) is 0 Å². The maximum atomic E-state index is 13.3. The Labute approximate surface area is 124 Å². The lowest BCUT2D eigenvalue weighted by Gasteiger charge is -2.06. The number of rotatable bonds is 9. The van der Waals surface area contributed by atoms with Gasteiger partial charge in [0, 0.05) is 12.8 Å². The fraction of sp³-hybridized carbons (Fsp3) is 0.500. The Hall–Kier alpha value is -1.91. The highest BCUT2D eigenvalue weighted by Gasteiger charge is 2.10. The van der Waals surface area contributed by atoms with Gasteiger partial charge in [0.15, 0.2) is 11.6 Å². The zero-order valence-electron chi connectivity index (χ0n) is 12.3. The van der Waals surface area contributed by atoms with E-state index >= 15 is 0 Å². The van der Waals surface area contributed by atoms with E-state index in [1.54, 1.807) is 6.07 Å². The molecule has 0 spiro atoms. The molecule has 0 unspecified atom stereocenters. The van der Waals surface area contributed by atoms with Crippen LogP contribution in [0.15, 0.2) is 24.3 Å². The fourth-order valence-electron chi connectivity index (χ4n) is 1.69. The number of hydrogen-bond acceptors (Lipinski definition) is 4. The van der Waals surface area contributed by atoms with Gasteiger partial charge in [-0.05, 0) is 25.0 Å². The van der Waals surface area contributed by atoms with Gasteiger partial charge in [0.2, 0.25) is 0 Å². The lowest BCUT2D eigenvalue weighted by molar-refractivity contribution is -0.144. The van der Waals surface area contributed by atoms with Gasteiger partial charge < -0.3 is 9.47 Å². The third kappa shape index (κ3) is 7.44. The van der Waals surface area contributed by atoms with Crippen molar-refractivity contribution in [3.05, 3.63) is 30.1 Å². The highest BCUT2D eigenvalue weighted by atomic mass is 19.1. The first-order valence-corrected chi connectivity index (χ1v) is 7.24. The third-order valence-corrected chi connectivity index (χ3v) is 2.83. The Morgan fingerprint density at radius 2 is 1.76 bits per heavy atom. The van der Waals surface area contributed by atoms with Crippen LogP contribution in [0.4, 0.5) is 4.39 Å². The second-order valence-corrected chi connectivity index (χ2v) is 4.69. The molecule has 5 heteroatoms. The monoisotopic (exact) mass is 296 g/mol. The number of ether oxygens (including phenoxy) is 2. The number of esters is 2. The molecule has 0 aliphatic carbocycles. The molecule has 1 rings (SSSR count). The second kappa shape index (κ2) is 9.91. The Bertz CT molecular complexity index is 459. The van der Waals surface area contributed by atoms with E-state index in [4.69, 9.17) is 9.47 Å². The molecule has 1 aromatic rings. The molecule has 0 aliphatic rings. The lowest BCUT2D eigenvalue weighted by Crippen LogP contribution is -2.11. The summed E-state index contributed by atoms with van der Waals surface area (Å²) >= 11 is 0. The Morgan fingerprint density at radius 3 is 2.48 bits per heavy atom. The van der Waals surface area contributed by atoms with Gasteiger partial charge in [0.05, 0.1) is 6.61 Å². The summed E-state index contributed by atoms with van der Waals surface area (Å²) in [5.41, 5.74) is 0. The average Bonchev–Trinajstić information content (AvgIpc) is 2.46. The van der Waals surface area contributed by atoms with E-state index in [9.17, 15) is 14.0 Å². The maximum absolute atomic E-state index is 13.3. The van der Waals surface area contributed by atoms with Crippen molar-refractivity contribution in [3.8, 4) is 5.75 Å². The zero-order chi connectivity index (χ0) is 15.5. The fourth-order valence-corrected chi connectivity index (χ4v) is 1.69. The molecule has 0 radical (unpaired) electrons. The number of unbranched alkanes of at least 4 members (excludes halogenated alkanes) is 2. The Balaban J connectivity index is 2.16. The molecule has 4 nitrogen and oxygen atoms in total. The molecule has 0 aliphatic heterocycles. The quantitative estimate of drug-likeness (QED) is 0.396. The molecule has 0 fully saturated rings. The van der Waals surface area contributed by atoms with Gasteiger partial charge in [-0.1, -0.05) is 31.9 Å². The first kappa shape index (κ1) is 17.1. The second-order valence-electron chi connectivity index (χ2n) is 4.69. The topological polar surface area (TPSA) is 52.6 Å². The van der Waals surface area contributed by atoms with Gasteiger partial charge in [-0.2, -0.15) is 0 Å². The predicted octanol–water partition coefficient (Wildman–Crippen LogP) is 3.63. The van der Waals surface area contributed by atoms with Crippen molar-refractivity contribution >= 4 is 11.9 Å². The predicted molar refractivity (Wildman–Crippen MR) is 76.4 cm³/mol. The van der Waals surface area contributed by atoms with Crippen LogP contribution < -0.4 is 4.74 Å². The molecule has 0 amide bonds. The van der Waals surface area contributed by atoms with E-state index in [0.717, 1.165) is 19.3 Å².